The van der Waals surface area contributed by atoms with Crippen molar-refractivity contribution >= 4 is 42.9 Å². The summed E-state index contributed by atoms with van der Waals surface area (Å²) in [5.74, 6) is 5.65. The van der Waals surface area contributed by atoms with Crippen molar-refractivity contribution in [1.29, 1.82) is 0 Å². The van der Waals surface area contributed by atoms with Crippen molar-refractivity contribution in [3.05, 3.63) is 87.7 Å². The average Bonchev–Trinajstić information content (AvgIpc) is 3.36. The molecule has 0 spiro atoms. The van der Waals surface area contributed by atoms with Gasteiger partial charge in [0.1, 0.15) is 0 Å². The van der Waals surface area contributed by atoms with Crippen molar-refractivity contribution in [2.24, 2.45) is 0 Å². The Morgan fingerprint density at radius 3 is 2.18 bits per heavy atom. The molecule has 0 radical (unpaired) electrons. The number of hydrogen-bond acceptors (Lipinski definition) is 9. The highest BCUT2D eigenvalue weighted by molar-refractivity contribution is 7.85. The number of piperazine rings is 1. The number of anilines is 1. The summed E-state index contributed by atoms with van der Waals surface area (Å²) in [6, 6.07) is 10.9. The fourth-order valence-electron chi connectivity index (χ4n) is 4.63. The maximum atomic E-state index is 14.0. The largest absolute Gasteiger partial charge is 0.416 e. The topological polar surface area (TPSA) is 186 Å². The van der Waals surface area contributed by atoms with Crippen molar-refractivity contribution in [1.82, 2.24) is 25.0 Å². The van der Waals surface area contributed by atoms with E-state index in [1.165, 1.54) is 12.1 Å². The number of H-pyrrole nitrogens is 1. The van der Waals surface area contributed by atoms with Gasteiger partial charge in [-0.15, -0.1) is 0 Å². The number of aryl methyl sites for hydroxylation is 2. The number of alkyl halides is 3. The first kappa shape index (κ1) is 40.1. The van der Waals surface area contributed by atoms with Gasteiger partial charge in [0.2, 0.25) is 0 Å². The number of pyridine rings is 1. The number of aromatic amines is 1. The zero-order valence-corrected chi connectivity index (χ0v) is 29.5. The van der Waals surface area contributed by atoms with Gasteiger partial charge in [-0.2, -0.15) is 35.1 Å². The second-order valence-electron chi connectivity index (χ2n) is 11.6. The van der Waals surface area contributed by atoms with Gasteiger partial charge in [-0.05, 0) is 62.4 Å². The molecule has 0 unspecified atom stereocenters. The smallest absolute Gasteiger partial charge is 0.322 e. The third kappa shape index (κ3) is 13.5. The van der Waals surface area contributed by atoms with Gasteiger partial charge in [-0.1, -0.05) is 24.0 Å². The summed E-state index contributed by atoms with van der Waals surface area (Å²) in [5, 5.41) is 10.5. The van der Waals surface area contributed by atoms with Crippen LogP contribution in [0.25, 0.3) is 11.0 Å². The second kappa shape index (κ2) is 16.6. The molecular formula is C32H37F3N6O7S2. The Morgan fingerprint density at radius 2 is 1.58 bits per heavy atom. The normalized spacial score (nSPS) is 14.0. The highest BCUT2D eigenvalue weighted by Gasteiger charge is 2.34. The molecule has 4 aromatic rings. The summed E-state index contributed by atoms with van der Waals surface area (Å²) in [7, 11) is -5.33. The summed E-state index contributed by atoms with van der Waals surface area (Å²) in [5.41, 5.74) is 3.54. The lowest BCUT2D eigenvalue weighted by Gasteiger charge is -2.33. The molecule has 1 amide bonds. The molecule has 18 heteroatoms. The molecule has 1 aliphatic rings. The third-order valence-electron chi connectivity index (χ3n) is 7.10. The number of rotatable bonds is 4. The van der Waals surface area contributed by atoms with E-state index in [0.29, 0.717) is 47.9 Å². The van der Waals surface area contributed by atoms with E-state index in [2.05, 4.69) is 37.2 Å². The van der Waals surface area contributed by atoms with Crippen molar-refractivity contribution < 1.29 is 43.9 Å². The van der Waals surface area contributed by atoms with E-state index in [9.17, 15) is 34.8 Å². The highest BCUT2D eigenvalue weighted by atomic mass is 32.2. The SMILES string of the molecule is CS(=O)(=O)O.CS(=O)(=O)O.Cc1ccc(C(=O)Nc2ccc(CN3CCN(C)CC3)c(C(F)(F)F)c2)cc1C#Cc1cnc2n[nH]c(C)c2c1. The summed E-state index contributed by atoms with van der Waals surface area (Å²) in [4.78, 5) is 21.5. The molecule has 3 heterocycles. The van der Waals surface area contributed by atoms with Crippen LogP contribution in [0.5, 0.6) is 0 Å². The lowest BCUT2D eigenvalue weighted by Crippen LogP contribution is -2.44. The molecule has 13 nitrogen and oxygen atoms in total. The van der Waals surface area contributed by atoms with Gasteiger partial charge in [0, 0.05) is 72.4 Å². The maximum Gasteiger partial charge on any atom is 0.416 e. The summed E-state index contributed by atoms with van der Waals surface area (Å²) in [6.07, 6.45) is -1.48. The molecular weight excluding hydrogens is 702 g/mol. The Kier molecular flexibility index (Phi) is 13.3. The number of likely N-dealkylation sites (N-methyl/N-ethyl adjacent to an activating group) is 1. The first-order chi connectivity index (χ1) is 23.1. The van der Waals surface area contributed by atoms with E-state index in [-0.39, 0.29) is 17.8 Å². The molecule has 0 bridgehead atoms. The van der Waals surface area contributed by atoms with Gasteiger partial charge in [0.25, 0.3) is 26.1 Å². The van der Waals surface area contributed by atoms with E-state index >= 15 is 0 Å². The van der Waals surface area contributed by atoms with Crippen LogP contribution in [0.15, 0.2) is 48.7 Å². The number of nitrogens with one attached hydrogen (secondary N) is 2. The molecule has 2 aromatic carbocycles. The van der Waals surface area contributed by atoms with Crippen LogP contribution in [-0.2, 0) is 33.0 Å². The molecule has 0 atom stereocenters. The third-order valence-corrected chi connectivity index (χ3v) is 7.10. The Labute approximate surface area is 288 Å². The fourth-order valence-corrected chi connectivity index (χ4v) is 4.63. The van der Waals surface area contributed by atoms with E-state index in [0.717, 1.165) is 35.8 Å². The number of aromatic nitrogens is 3. The van der Waals surface area contributed by atoms with Gasteiger partial charge < -0.3 is 10.2 Å². The minimum Gasteiger partial charge on any atom is -0.322 e. The standard InChI is InChI=1S/C30H29F3N6O.2CH4O3S/c1-19-4-6-23(15-22(19)7-5-21-14-26-20(2)36-37-28(26)34-17-21)29(40)35-25-9-8-24(27(16-25)30(31,32)33)18-39-12-10-38(3)11-13-39;2*1-5(2,3)4/h4,6,8-9,14-17H,10-13,18H2,1-3H3,(H,35,40)(H,34,36,37);2*1H3,(H,2,3,4). The molecule has 1 saturated heterocycles. The van der Waals surface area contributed by atoms with E-state index < -0.39 is 37.9 Å². The maximum absolute atomic E-state index is 14.0. The molecule has 270 valence electrons. The highest BCUT2D eigenvalue weighted by Crippen LogP contribution is 2.35. The molecule has 4 N–H and O–H groups in total. The van der Waals surface area contributed by atoms with Crippen LogP contribution in [0.3, 0.4) is 0 Å². The van der Waals surface area contributed by atoms with Gasteiger partial charge in [0.15, 0.2) is 5.65 Å². The van der Waals surface area contributed by atoms with E-state index in [4.69, 9.17) is 9.11 Å². The fraction of sp³-hybridized carbons (Fsp3) is 0.344. The van der Waals surface area contributed by atoms with Gasteiger partial charge in [-0.3, -0.25) is 23.9 Å². The molecule has 50 heavy (non-hydrogen) atoms. The first-order valence-electron chi connectivity index (χ1n) is 14.8. The average molecular weight is 739 g/mol. The number of benzene rings is 2. The predicted molar refractivity (Wildman–Crippen MR) is 183 cm³/mol. The monoisotopic (exact) mass is 738 g/mol. The lowest BCUT2D eigenvalue weighted by molar-refractivity contribution is -0.138. The summed E-state index contributed by atoms with van der Waals surface area (Å²) in [6.45, 7) is 7.03. The Bertz CT molecular complexity index is 2070. The Morgan fingerprint density at radius 1 is 0.960 bits per heavy atom. The number of nitrogens with zero attached hydrogens (tertiary/aromatic N) is 4. The zero-order valence-electron chi connectivity index (χ0n) is 27.8. The predicted octanol–water partition coefficient (Wildman–Crippen LogP) is 4.00. The van der Waals surface area contributed by atoms with E-state index in [1.807, 2.05) is 31.9 Å². The molecule has 0 saturated carbocycles. The Hall–Kier alpha value is -4.38. The molecule has 1 fully saturated rings. The van der Waals surface area contributed by atoms with E-state index in [1.54, 1.807) is 24.4 Å². The zero-order chi connectivity index (χ0) is 37.4. The number of carbonyl (C=O) groups excluding carboxylic acids is 1. The second-order valence-corrected chi connectivity index (χ2v) is 14.5. The van der Waals surface area contributed by atoms with Gasteiger partial charge in [0.05, 0.1) is 18.1 Å². The van der Waals surface area contributed by atoms with Crippen LogP contribution in [0, 0.1) is 25.7 Å². The summed E-state index contributed by atoms with van der Waals surface area (Å²) < 4.78 is 93.6. The van der Waals surface area contributed by atoms with Crippen molar-refractivity contribution in [3.8, 4) is 11.8 Å². The van der Waals surface area contributed by atoms with Crippen molar-refractivity contribution in [2.45, 2.75) is 26.6 Å². The minimum absolute atomic E-state index is 0.0857. The molecule has 1 aliphatic heterocycles. The van der Waals surface area contributed by atoms with Crippen LogP contribution < -0.4 is 5.32 Å². The van der Waals surface area contributed by atoms with Crippen LogP contribution in [0.2, 0.25) is 0 Å². The van der Waals surface area contributed by atoms with Crippen LogP contribution in [0.4, 0.5) is 18.9 Å². The number of hydrogen-bond donors (Lipinski definition) is 4. The summed E-state index contributed by atoms with van der Waals surface area (Å²) >= 11 is 0. The number of carbonyl (C=O) groups is 1. The molecule has 0 aliphatic carbocycles. The number of fused-ring (bicyclic) bond motifs is 1. The lowest BCUT2D eigenvalue weighted by atomic mass is 10.0. The first-order valence-corrected chi connectivity index (χ1v) is 18.5. The quantitative estimate of drug-likeness (QED) is 0.175. The number of halogens is 3. The van der Waals surface area contributed by atoms with Crippen molar-refractivity contribution in [2.75, 3.05) is 51.1 Å². The van der Waals surface area contributed by atoms with Crippen LogP contribution >= 0.6 is 0 Å². The number of amides is 1. The van der Waals surface area contributed by atoms with Crippen molar-refractivity contribution in [3.63, 3.8) is 0 Å². The van der Waals surface area contributed by atoms with Crippen LogP contribution in [0.1, 0.15) is 43.9 Å². The minimum atomic E-state index is -4.54. The van der Waals surface area contributed by atoms with Gasteiger partial charge >= 0.3 is 6.18 Å². The molecule has 5 rings (SSSR count). The Balaban J connectivity index is 0.000000595. The van der Waals surface area contributed by atoms with Crippen LogP contribution in [-0.4, -0.2) is 103 Å². The van der Waals surface area contributed by atoms with Gasteiger partial charge in [-0.25, -0.2) is 4.98 Å². The molecule has 2 aromatic heterocycles.